The number of fused-ring (bicyclic) bond motifs is 1. The number of aliphatic carboxylic acids is 1. The van der Waals surface area contributed by atoms with Crippen LogP contribution in [0.5, 0.6) is 0 Å². The largest absolute Gasteiger partial charge is 0.479 e. The monoisotopic (exact) mass is 224 g/mol. The maximum Gasteiger partial charge on any atom is 0.341 e. The van der Waals surface area contributed by atoms with Crippen molar-refractivity contribution in [3.05, 3.63) is 35.4 Å². The van der Waals surface area contributed by atoms with E-state index >= 15 is 0 Å². The van der Waals surface area contributed by atoms with Crippen LogP contribution in [-0.2, 0) is 16.8 Å². The van der Waals surface area contributed by atoms with Gasteiger partial charge in [0.2, 0.25) is 6.17 Å². The van der Waals surface area contributed by atoms with E-state index < -0.39 is 17.7 Å². The average Bonchev–Trinajstić information content (AvgIpc) is 2.28. The van der Waals surface area contributed by atoms with Crippen LogP contribution in [0.25, 0.3) is 0 Å². The van der Waals surface area contributed by atoms with E-state index in [1.807, 2.05) is 0 Å². The van der Waals surface area contributed by atoms with Crippen molar-refractivity contribution in [1.29, 1.82) is 0 Å². The molecule has 0 heterocycles. The van der Waals surface area contributed by atoms with Gasteiger partial charge in [-0.25, -0.2) is 9.18 Å². The van der Waals surface area contributed by atoms with Gasteiger partial charge in [0.1, 0.15) is 5.60 Å². The van der Waals surface area contributed by atoms with Crippen LogP contribution < -0.4 is 0 Å². The Morgan fingerprint density at radius 3 is 2.81 bits per heavy atom. The third-order valence-electron chi connectivity index (χ3n) is 3.12. The summed E-state index contributed by atoms with van der Waals surface area (Å²) < 4.78 is 13.6. The SMILES string of the molecule is O=C(O)C(F)C1(O)CCCc2ccccc21. The minimum absolute atomic E-state index is 0.150. The fourth-order valence-electron chi connectivity index (χ4n) is 2.31. The van der Waals surface area contributed by atoms with Crippen LogP contribution in [-0.4, -0.2) is 22.4 Å². The summed E-state index contributed by atoms with van der Waals surface area (Å²) in [5.74, 6) is -1.61. The fourth-order valence-corrected chi connectivity index (χ4v) is 2.31. The molecule has 1 aliphatic rings. The lowest BCUT2D eigenvalue weighted by Crippen LogP contribution is -2.44. The molecular formula is C12H13FO3. The Morgan fingerprint density at radius 2 is 2.12 bits per heavy atom. The molecule has 2 rings (SSSR count). The predicted molar refractivity (Wildman–Crippen MR) is 55.8 cm³/mol. The minimum Gasteiger partial charge on any atom is -0.479 e. The first-order chi connectivity index (χ1) is 7.55. The molecule has 0 bridgehead atoms. The Hall–Kier alpha value is -1.42. The highest BCUT2D eigenvalue weighted by atomic mass is 19.1. The van der Waals surface area contributed by atoms with Gasteiger partial charge in [0.25, 0.3) is 0 Å². The van der Waals surface area contributed by atoms with Crippen LogP contribution in [0.15, 0.2) is 24.3 Å². The number of rotatable bonds is 2. The van der Waals surface area contributed by atoms with Crippen molar-refractivity contribution in [3.8, 4) is 0 Å². The lowest BCUT2D eigenvalue weighted by atomic mass is 9.76. The Labute approximate surface area is 92.5 Å². The quantitative estimate of drug-likeness (QED) is 0.802. The summed E-state index contributed by atoms with van der Waals surface area (Å²) >= 11 is 0. The summed E-state index contributed by atoms with van der Waals surface area (Å²) in [5, 5.41) is 18.9. The maximum absolute atomic E-state index is 13.6. The summed E-state index contributed by atoms with van der Waals surface area (Å²) in [6.45, 7) is 0. The van der Waals surface area contributed by atoms with Gasteiger partial charge in [0.05, 0.1) is 0 Å². The number of alkyl halides is 1. The highest BCUT2D eigenvalue weighted by Gasteiger charge is 2.46. The molecule has 1 aromatic rings. The molecule has 0 radical (unpaired) electrons. The summed E-state index contributed by atoms with van der Waals surface area (Å²) in [6.07, 6.45) is -0.766. The van der Waals surface area contributed by atoms with Crippen LogP contribution in [0, 0.1) is 0 Å². The molecule has 2 unspecified atom stereocenters. The van der Waals surface area contributed by atoms with Gasteiger partial charge in [0, 0.05) is 0 Å². The van der Waals surface area contributed by atoms with Crippen molar-refractivity contribution in [2.24, 2.45) is 0 Å². The molecule has 0 saturated heterocycles. The van der Waals surface area contributed by atoms with Crippen molar-refractivity contribution in [2.45, 2.75) is 31.0 Å². The summed E-state index contributed by atoms with van der Waals surface area (Å²) in [6, 6.07) is 6.89. The van der Waals surface area contributed by atoms with Crippen molar-refractivity contribution in [3.63, 3.8) is 0 Å². The van der Waals surface area contributed by atoms with E-state index in [0.717, 1.165) is 12.0 Å². The van der Waals surface area contributed by atoms with E-state index in [1.54, 1.807) is 24.3 Å². The molecule has 0 spiro atoms. The van der Waals surface area contributed by atoms with Gasteiger partial charge in [-0.15, -0.1) is 0 Å². The molecule has 2 N–H and O–H groups in total. The number of hydrogen-bond acceptors (Lipinski definition) is 2. The zero-order valence-electron chi connectivity index (χ0n) is 8.69. The van der Waals surface area contributed by atoms with E-state index in [0.29, 0.717) is 12.0 Å². The standard InChI is InChI=1S/C12H13FO3/c13-10(11(14)15)12(16)7-3-5-8-4-1-2-6-9(8)12/h1-2,4,6,10,16H,3,5,7H2,(H,14,15). The number of carboxylic acid groups (broad SMARTS) is 1. The molecular weight excluding hydrogens is 211 g/mol. The highest BCUT2D eigenvalue weighted by Crippen LogP contribution is 2.39. The third-order valence-corrected chi connectivity index (χ3v) is 3.12. The number of benzene rings is 1. The predicted octanol–water partition coefficient (Wildman–Crippen LogP) is 1.63. The molecule has 3 nitrogen and oxygen atoms in total. The average molecular weight is 224 g/mol. The molecule has 0 saturated carbocycles. The lowest BCUT2D eigenvalue weighted by molar-refractivity contribution is -0.156. The first kappa shape index (κ1) is 11.1. The lowest BCUT2D eigenvalue weighted by Gasteiger charge is -2.35. The third kappa shape index (κ3) is 1.59. The zero-order chi connectivity index (χ0) is 11.8. The van der Waals surface area contributed by atoms with E-state index in [-0.39, 0.29) is 6.42 Å². The molecule has 2 atom stereocenters. The number of hydrogen-bond donors (Lipinski definition) is 2. The summed E-state index contributed by atoms with van der Waals surface area (Å²) in [7, 11) is 0. The first-order valence-corrected chi connectivity index (χ1v) is 5.23. The molecule has 0 aromatic heterocycles. The van der Waals surface area contributed by atoms with Crippen molar-refractivity contribution >= 4 is 5.97 Å². The number of halogens is 1. The van der Waals surface area contributed by atoms with Gasteiger partial charge in [-0.05, 0) is 30.4 Å². The molecule has 0 amide bonds. The van der Waals surface area contributed by atoms with Gasteiger partial charge in [-0.1, -0.05) is 24.3 Å². The summed E-state index contributed by atoms with van der Waals surface area (Å²) in [4.78, 5) is 10.7. The molecule has 1 aliphatic carbocycles. The second kappa shape index (κ2) is 3.87. The zero-order valence-corrected chi connectivity index (χ0v) is 8.69. The van der Waals surface area contributed by atoms with Gasteiger partial charge in [-0.2, -0.15) is 0 Å². The second-order valence-electron chi connectivity index (χ2n) is 4.14. The van der Waals surface area contributed by atoms with Gasteiger partial charge < -0.3 is 10.2 Å². The smallest absolute Gasteiger partial charge is 0.341 e. The number of aliphatic hydroxyl groups is 1. The van der Waals surface area contributed by atoms with Crippen molar-refractivity contribution < 1.29 is 19.4 Å². The van der Waals surface area contributed by atoms with Crippen LogP contribution in [0.1, 0.15) is 24.0 Å². The van der Waals surface area contributed by atoms with Gasteiger partial charge in [0.15, 0.2) is 0 Å². The fraction of sp³-hybridized carbons (Fsp3) is 0.417. The number of carboxylic acids is 1. The van der Waals surface area contributed by atoms with Crippen LogP contribution in [0.2, 0.25) is 0 Å². The second-order valence-corrected chi connectivity index (χ2v) is 4.14. The van der Waals surface area contributed by atoms with Crippen LogP contribution in [0.3, 0.4) is 0 Å². The first-order valence-electron chi connectivity index (χ1n) is 5.23. The van der Waals surface area contributed by atoms with E-state index in [2.05, 4.69) is 0 Å². The molecule has 86 valence electrons. The maximum atomic E-state index is 13.6. The molecule has 0 fully saturated rings. The minimum atomic E-state index is -2.27. The van der Waals surface area contributed by atoms with Crippen LogP contribution in [0.4, 0.5) is 4.39 Å². The molecule has 0 aliphatic heterocycles. The van der Waals surface area contributed by atoms with E-state index in [9.17, 15) is 14.3 Å². The molecule has 4 heteroatoms. The molecule has 1 aromatic carbocycles. The Morgan fingerprint density at radius 1 is 1.44 bits per heavy atom. The highest BCUT2D eigenvalue weighted by molar-refractivity contribution is 5.74. The summed E-state index contributed by atoms with van der Waals surface area (Å²) in [5.41, 5.74) is -0.628. The van der Waals surface area contributed by atoms with Gasteiger partial charge >= 0.3 is 5.97 Å². The number of aryl methyl sites for hydroxylation is 1. The van der Waals surface area contributed by atoms with Crippen molar-refractivity contribution in [1.82, 2.24) is 0 Å². The van der Waals surface area contributed by atoms with Crippen LogP contribution >= 0.6 is 0 Å². The van der Waals surface area contributed by atoms with Gasteiger partial charge in [-0.3, -0.25) is 0 Å². The molecule has 16 heavy (non-hydrogen) atoms. The topological polar surface area (TPSA) is 57.5 Å². The number of carbonyl (C=O) groups is 1. The normalized spacial score (nSPS) is 25.9. The van der Waals surface area contributed by atoms with E-state index in [4.69, 9.17) is 5.11 Å². The Kier molecular flexibility index (Phi) is 2.68. The van der Waals surface area contributed by atoms with E-state index in [1.165, 1.54) is 0 Å². The Bertz CT molecular complexity index is 418. The van der Waals surface area contributed by atoms with Crippen molar-refractivity contribution in [2.75, 3.05) is 0 Å². The Balaban J connectivity index is 2.48.